The molecule has 1 aliphatic carbocycles. The lowest BCUT2D eigenvalue weighted by Crippen LogP contribution is -2.43. The first-order valence-electron chi connectivity index (χ1n) is 14.9. The summed E-state index contributed by atoms with van der Waals surface area (Å²) in [5.41, 5.74) is 2.18. The molecular formula is C33H40FN3O3. The van der Waals surface area contributed by atoms with Crippen molar-refractivity contribution in [1.29, 1.82) is 0 Å². The Hall–Kier alpha value is -3.03. The third-order valence-electron chi connectivity index (χ3n) is 9.51. The second kappa shape index (κ2) is 12.2. The molecule has 7 heteroatoms. The quantitative estimate of drug-likeness (QED) is 0.340. The zero-order valence-electron chi connectivity index (χ0n) is 23.1. The first kappa shape index (κ1) is 27.2. The fraction of sp³-hybridized carbons (Fsp3) is 0.515. The third kappa shape index (κ3) is 6.31. The highest BCUT2D eigenvalue weighted by Crippen LogP contribution is 2.39. The number of aromatic nitrogens is 1. The molecule has 0 spiro atoms. The molecular weight excluding hydrogens is 505 g/mol. The summed E-state index contributed by atoms with van der Waals surface area (Å²) in [6.07, 6.45) is 8.86. The van der Waals surface area contributed by atoms with Crippen LogP contribution in [0.5, 0.6) is 0 Å². The van der Waals surface area contributed by atoms with Gasteiger partial charge in [-0.15, -0.1) is 0 Å². The van der Waals surface area contributed by atoms with Crippen LogP contribution in [0, 0.1) is 17.7 Å². The Morgan fingerprint density at radius 3 is 2.55 bits per heavy atom. The van der Waals surface area contributed by atoms with Crippen LogP contribution in [0.2, 0.25) is 0 Å². The number of aliphatic carboxylic acids is 1. The van der Waals surface area contributed by atoms with Crippen LogP contribution >= 0.6 is 0 Å². The normalized spacial score (nSPS) is 23.7. The van der Waals surface area contributed by atoms with E-state index >= 15 is 0 Å². The number of carboxylic acids is 1. The van der Waals surface area contributed by atoms with E-state index in [0.717, 1.165) is 75.5 Å². The Morgan fingerprint density at radius 1 is 1.05 bits per heavy atom. The number of piperidine rings is 1. The van der Waals surface area contributed by atoms with Crippen LogP contribution in [0.4, 0.5) is 4.39 Å². The van der Waals surface area contributed by atoms with E-state index in [1.165, 1.54) is 18.1 Å². The van der Waals surface area contributed by atoms with Crippen molar-refractivity contribution in [2.45, 2.75) is 62.8 Å². The molecule has 1 saturated carbocycles. The van der Waals surface area contributed by atoms with Gasteiger partial charge in [0.05, 0.1) is 6.20 Å². The van der Waals surface area contributed by atoms with Gasteiger partial charge in [-0.3, -0.25) is 9.69 Å². The Morgan fingerprint density at radius 2 is 1.85 bits per heavy atom. The van der Waals surface area contributed by atoms with E-state index in [4.69, 9.17) is 4.42 Å². The summed E-state index contributed by atoms with van der Waals surface area (Å²) in [7, 11) is 0. The molecule has 3 heterocycles. The molecule has 3 atom stereocenters. The average Bonchev–Trinajstić information content (AvgIpc) is 3.56. The number of hydrogen-bond donors (Lipinski definition) is 1. The van der Waals surface area contributed by atoms with E-state index in [1.807, 2.05) is 30.5 Å². The highest BCUT2D eigenvalue weighted by molar-refractivity contribution is 5.73. The van der Waals surface area contributed by atoms with Crippen molar-refractivity contribution in [3.05, 3.63) is 89.4 Å². The second-order valence-corrected chi connectivity index (χ2v) is 12.2. The summed E-state index contributed by atoms with van der Waals surface area (Å²) in [6, 6.07) is 16.7. The number of rotatable bonds is 10. The summed E-state index contributed by atoms with van der Waals surface area (Å²) in [5, 5.41) is 10.1. The van der Waals surface area contributed by atoms with Crippen molar-refractivity contribution in [2.75, 3.05) is 32.7 Å². The average molecular weight is 546 g/mol. The number of halogens is 1. The summed E-state index contributed by atoms with van der Waals surface area (Å²) in [6.45, 7) is 4.26. The number of nitrogens with zero attached hydrogens (tertiary/aromatic N) is 3. The van der Waals surface area contributed by atoms with E-state index in [9.17, 15) is 14.3 Å². The van der Waals surface area contributed by atoms with Gasteiger partial charge >= 0.3 is 5.97 Å². The van der Waals surface area contributed by atoms with Crippen LogP contribution in [0.1, 0.15) is 73.1 Å². The lowest BCUT2D eigenvalue weighted by Gasteiger charge is -2.34. The van der Waals surface area contributed by atoms with Crippen molar-refractivity contribution >= 4 is 5.97 Å². The third-order valence-corrected chi connectivity index (χ3v) is 9.51. The Kier molecular flexibility index (Phi) is 8.30. The van der Waals surface area contributed by atoms with Gasteiger partial charge in [0.15, 0.2) is 5.89 Å². The monoisotopic (exact) mass is 545 g/mol. The number of carbonyl (C=O) groups is 1. The zero-order chi connectivity index (χ0) is 27.5. The topological polar surface area (TPSA) is 69.8 Å². The molecule has 2 aliphatic heterocycles. The van der Waals surface area contributed by atoms with Crippen LogP contribution < -0.4 is 0 Å². The number of likely N-dealkylation sites (tertiary alicyclic amines) is 2. The Bertz CT molecular complexity index is 1270. The molecule has 1 N–H and O–H groups in total. The summed E-state index contributed by atoms with van der Waals surface area (Å²) in [4.78, 5) is 21.5. The molecule has 0 amide bonds. The number of carboxylic acid groups (broad SMARTS) is 1. The highest BCUT2D eigenvalue weighted by atomic mass is 19.1. The Labute approximate surface area is 236 Å². The molecule has 2 aromatic carbocycles. The van der Waals surface area contributed by atoms with Crippen molar-refractivity contribution in [2.24, 2.45) is 11.8 Å². The van der Waals surface area contributed by atoms with Crippen LogP contribution in [0.3, 0.4) is 0 Å². The van der Waals surface area contributed by atoms with Crippen LogP contribution in [-0.4, -0.2) is 64.6 Å². The van der Waals surface area contributed by atoms with E-state index in [2.05, 4.69) is 26.9 Å². The number of benzene rings is 2. The standard InChI is InChI=1S/C33H40FN3O3/c34-28-11-5-10-26(18-28)29-22-37(30(33(38)39)16-23-8-4-9-23)21-27(29)20-36-14-12-25(13-15-36)31-19-35-32(40-31)17-24-6-2-1-3-7-24/h1-3,5-7,10-11,18-19,23,25,27,29-30H,4,8-9,12-17,20-22H2,(H,38,39)/t27-,29+,30+/m0/s1. The SMILES string of the molecule is O=C(O)[C@@H](CC1CCC1)N1C[C@H](CN2CCC(c3cnc(Cc4ccccc4)o3)CC2)[C@@H](c2cccc(F)c2)C1. The summed E-state index contributed by atoms with van der Waals surface area (Å²) >= 11 is 0. The van der Waals surface area contributed by atoms with Crippen LogP contribution in [-0.2, 0) is 11.2 Å². The van der Waals surface area contributed by atoms with Gasteiger partial charge in [-0.25, -0.2) is 9.37 Å². The lowest BCUT2D eigenvalue weighted by molar-refractivity contribution is -0.144. The molecule has 212 valence electrons. The molecule has 6 nitrogen and oxygen atoms in total. The van der Waals surface area contributed by atoms with Crippen LogP contribution in [0.25, 0.3) is 0 Å². The molecule has 0 bridgehead atoms. The predicted molar refractivity (Wildman–Crippen MR) is 152 cm³/mol. The minimum absolute atomic E-state index is 0.131. The molecule has 3 fully saturated rings. The molecule has 2 saturated heterocycles. The van der Waals surface area contributed by atoms with Crippen molar-refractivity contribution in [3.8, 4) is 0 Å². The molecule has 0 radical (unpaired) electrons. The van der Waals surface area contributed by atoms with Gasteiger partial charge in [-0.2, -0.15) is 0 Å². The zero-order valence-corrected chi connectivity index (χ0v) is 23.1. The van der Waals surface area contributed by atoms with Gasteiger partial charge in [-0.05, 0) is 67.4 Å². The van der Waals surface area contributed by atoms with Gasteiger partial charge in [0.1, 0.15) is 17.6 Å². The first-order valence-corrected chi connectivity index (χ1v) is 14.9. The van der Waals surface area contributed by atoms with Crippen LogP contribution in [0.15, 0.2) is 65.2 Å². The fourth-order valence-corrected chi connectivity index (χ4v) is 7.01. The summed E-state index contributed by atoms with van der Waals surface area (Å²) < 4.78 is 20.4. The lowest BCUT2D eigenvalue weighted by atomic mass is 9.80. The molecule has 6 rings (SSSR count). The highest BCUT2D eigenvalue weighted by Gasteiger charge is 2.41. The molecule has 1 aromatic heterocycles. The fourth-order valence-electron chi connectivity index (χ4n) is 7.01. The first-order chi connectivity index (χ1) is 19.5. The van der Waals surface area contributed by atoms with Gasteiger partial charge in [0.25, 0.3) is 0 Å². The molecule has 40 heavy (non-hydrogen) atoms. The van der Waals surface area contributed by atoms with Crippen molar-refractivity contribution in [3.63, 3.8) is 0 Å². The van der Waals surface area contributed by atoms with Gasteiger partial charge in [0, 0.05) is 37.9 Å². The van der Waals surface area contributed by atoms with E-state index in [0.29, 0.717) is 24.8 Å². The van der Waals surface area contributed by atoms with Crippen molar-refractivity contribution in [1.82, 2.24) is 14.8 Å². The second-order valence-electron chi connectivity index (χ2n) is 12.2. The van der Waals surface area contributed by atoms with Gasteiger partial charge in [-0.1, -0.05) is 61.7 Å². The number of hydrogen-bond acceptors (Lipinski definition) is 5. The molecule has 3 aliphatic rings. The van der Waals surface area contributed by atoms with Gasteiger partial charge < -0.3 is 14.4 Å². The van der Waals surface area contributed by atoms with Crippen molar-refractivity contribution < 1.29 is 18.7 Å². The predicted octanol–water partition coefficient (Wildman–Crippen LogP) is 5.94. The smallest absolute Gasteiger partial charge is 0.320 e. The van der Waals surface area contributed by atoms with E-state index in [-0.39, 0.29) is 17.7 Å². The van der Waals surface area contributed by atoms with Gasteiger partial charge in [0.2, 0.25) is 0 Å². The number of oxazole rings is 1. The maximum Gasteiger partial charge on any atom is 0.320 e. The maximum atomic E-state index is 14.2. The Balaban J connectivity index is 1.09. The largest absolute Gasteiger partial charge is 0.480 e. The molecule has 3 aromatic rings. The van der Waals surface area contributed by atoms with E-state index in [1.54, 1.807) is 12.1 Å². The summed E-state index contributed by atoms with van der Waals surface area (Å²) in [5.74, 6) is 2.10. The maximum absolute atomic E-state index is 14.2. The van der Waals surface area contributed by atoms with E-state index < -0.39 is 12.0 Å². The minimum atomic E-state index is -0.718. The molecule has 0 unspecified atom stereocenters. The minimum Gasteiger partial charge on any atom is -0.480 e.